The Morgan fingerprint density at radius 1 is 1.05 bits per heavy atom. The lowest BCUT2D eigenvalue weighted by atomic mass is 10.1. The van der Waals surface area contributed by atoms with Crippen LogP contribution in [0.1, 0.15) is 11.1 Å². The maximum Gasteiger partial charge on any atom is 0.139 e. The highest BCUT2D eigenvalue weighted by Crippen LogP contribution is 2.27. The summed E-state index contributed by atoms with van der Waals surface area (Å²) in [6, 6.07) is 11.6. The Kier molecular flexibility index (Phi) is 4.56. The number of anilines is 1. The fourth-order valence-electron chi connectivity index (χ4n) is 1.72. The van der Waals surface area contributed by atoms with Gasteiger partial charge in [-0.3, -0.25) is 0 Å². The van der Waals surface area contributed by atoms with Crippen molar-refractivity contribution in [2.45, 2.75) is 13.5 Å². The summed E-state index contributed by atoms with van der Waals surface area (Å²) >= 11 is 12.1. The van der Waals surface area contributed by atoms with Gasteiger partial charge < -0.3 is 10.1 Å². The number of ether oxygens (including phenoxy) is 1. The van der Waals surface area contributed by atoms with Crippen molar-refractivity contribution in [2.75, 3.05) is 12.4 Å². The molecular formula is C15H15Cl2NO. The van der Waals surface area contributed by atoms with E-state index < -0.39 is 0 Å². The summed E-state index contributed by atoms with van der Waals surface area (Å²) < 4.78 is 5.18. The molecule has 2 rings (SSSR count). The van der Waals surface area contributed by atoms with Crippen molar-refractivity contribution in [2.24, 2.45) is 0 Å². The summed E-state index contributed by atoms with van der Waals surface area (Å²) in [5, 5.41) is 4.70. The van der Waals surface area contributed by atoms with Gasteiger partial charge in [0.05, 0.1) is 12.1 Å². The topological polar surface area (TPSA) is 21.3 Å². The van der Waals surface area contributed by atoms with E-state index in [2.05, 4.69) is 11.4 Å². The normalized spacial score (nSPS) is 10.3. The van der Waals surface area contributed by atoms with Crippen molar-refractivity contribution in [1.82, 2.24) is 0 Å². The van der Waals surface area contributed by atoms with Crippen LogP contribution >= 0.6 is 23.2 Å². The Morgan fingerprint density at radius 2 is 1.84 bits per heavy atom. The molecule has 0 aliphatic rings. The van der Waals surface area contributed by atoms with E-state index in [0.29, 0.717) is 17.3 Å². The van der Waals surface area contributed by atoms with Gasteiger partial charge in [-0.1, -0.05) is 35.3 Å². The molecule has 0 bridgehead atoms. The number of rotatable bonds is 4. The molecule has 0 amide bonds. The highest BCUT2D eigenvalue weighted by Gasteiger charge is 2.02. The van der Waals surface area contributed by atoms with E-state index in [9.17, 15) is 0 Å². The van der Waals surface area contributed by atoms with Crippen molar-refractivity contribution in [3.05, 3.63) is 57.6 Å². The summed E-state index contributed by atoms with van der Waals surface area (Å²) in [4.78, 5) is 0. The van der Waals surface area contributed by atoms with E-state index in [-0.39, 0.29) is 0 Å². The first-order valence-electron chi connectivity index (χ1n) is 5.92. The van der Waals surface area contributed by atoms with Gasteiger partial charge in [-0.2, -0.15) is 0 Å². The third kappa shape index (κ3) is 3.55. The zero-order valence-corrected chi connectivity index (χ0v) is 12.3. The SMILES string of the molecule is COc1cc(NCc2ccc(C)c(Cl)c2)ccc1Cl. The molecule has 0 spiro atoms. The van der Waals surface area contributed by atoms with Crippen molar-refractivity contribution in [3.63, 3.8) is 0 Å². The zero-order chi connectivity index (χ0) is 13.8. The van der Waals surface area contributed by atoms with Crippen molar-refractivity contribution in [3.8, 4) is 5.75 Å². The molecule has 100 valence electrons. The van der Waals surface area contributed by atoms with Crippen LogP contribution in [0, 0.1) is 6.92 Å². The van der Waals surface area contributed by atoms with E-state index in [1.54, 1.807) is 7.11 Å². The predicted molar refractivity (Wildman–Crippen MR) is 81.5 cm³/mol. The van der Waals surface area contributed by atoms with Crippen LogP contribution in [-0.2, 0) is 6.54 Å². The molecule has 2 nitrogen and oxygen atoms in total. The van der Waals surface area contributed by atoms with Crippen molar-refractivity contribution < 1.29 is 4.74 Å². The van der Waals surface area contributed by atoms with Crippen LogP contribution in [0.2, 0.25) is 10.0 Å². The Morgan fingerprint density at radius 3 is 2.53 bits per heavy atom. The lowest BCUT2D eigenvalue weighted by Gasteiger charge is -2.10. The van der Waals surface area contributed by atoms with Gasteiger partial charge in [-0.05, 0) is 36.2 Å². The van der Waals surface area contributed by atoms with E-state index in [1.165, 1.54) is 0 Å². The quantitative estimate of drug-likeness (QED) is 0.864. The standard InChI is InChI=1S/C15H15Cl2NO/c1-10-3-4-11(7-14(10)17)9-18-12-5-6-13(16)15(8-12)19-2/h3-8,18H,9H2,1-2H3. The lowest BCUT2D eigenvalue weighted by molar-refractivity contribution is 0.415. The summed E-state index contributed by atoms with van der Waals surface area (Å²) in [5.74, 6) is 0.661. The molecule has 0 radical (unpaired) electrons. The molecule has 19 heavy (non-hydrogen) atoms. The average molecular weight is 296 g/mol. The van der Waals surface area contributed by atoms with Gasteiger partial charge in [0.1, 0.15) is 5.75 Å². The maximum atomic E-state index is 6.10. The van der Waals surface area contributed by atoms with Crippen molar-refractivity contribution >= 4 is 28.9 Å². The third-order valence-electron chi connectivity index (χ3n) is 2.88. The first-order valence-corrected chi connectivity index (χ1v) is 6.68. The molecule has 0 aromatic heterocycles. The van der Waals surface area contributed by atoms with E-state index in [1.807, 2.05) is 37.3 Å². The summed E-state index contributed by atoms with van der Waals surface area (Å²) in [6.07, 6.45) is 0. The third-order valence-corrected chi connectivity index (χ3v) is 3.60. The monoisotopic (exact) mass is 295 g/mol. The Bertz CT molecular complexity index is 584. The van der Waals surface area contributed by atoms with Crippen molar-refractivity contribution in [1.29, 1.82) is 0 Å². The highest BCUT2D eigenvalue weighted by atomic mass is 35.5. The number of hydrogen-bond donors (Lipinski definition) is 1. The van der Waals surface area contributed by atoms with E-state index in [0.717, 1.165) is 21.8 Å². The fraction of sp³-hybridized carbons (Fsp3) is 0.200. The molecule has 0 saturated carbocycles. The van der Waals surface area contributed by atoms with E-state index in [4.69, 9.17) is 27.9 Å². The van der Waals surface area contributed by atoms with Gasteiger partial charge >= 0.3 is 0 Å². The van der Waals surface area contributed by atoms with Crippen LogP contribution in [0.4, 0.5) is 5.69 Å². The Hall–Kier alpha value is -1.38. The minimum atomic E-state index is 0.603. The van der Waals surface area contributed by atoms with Crippen LogP contribution in [0.25, 0.3) is 0 Å². The highest BCUT2D eigenvalue weighted by molar-refractivity contribution is 6.32. The minimum Gasteiger partial charge on any atom is -0.495 e. The van der Waals surface area contributed by atoms with Gasteiger partial charge in [0.2, 0.25) is 0 Å². The summed E-state index contributed by atoms with van der Waals surface area (Å²) in [7, 11) is 1.60. The second-order valence-electron chi connectivity index (χ2n) is 4.29. The molecule has 0 atom stereocenters. The second kappa shape index (κ2) is 6.18. The number of hydrogen-bond acceptors (Lipinski definition) is 2. The molecule has 1 N–H and O–H groups in total. The zero-order valence-electron chi connectivity index (χ0n) is 10.8. The molecule has 2 aromatic carbocycles. The number of methoxy groups -OCH3 is 1. The molecule has 0 fully saturated rings. The number of aryl methyl sites for hydroxylation is 1. The van der Waals surface area contributed by atoms with Gasteiger partial charge in [-0.25, -0.2) is 0 Å². The first-order chi connectivity index (χ1) is 9.10. The maximum absolute atomic E-state index is 6.10. The molecule has 0 unspecified atom stereocenters. The molecule has 0 aliphatic carbocycles. The van der Waals surface area contributed by atoms with Crippen LogP contribution in [-0.4, -0.2) is 7.11 Å². The second-order valence-corrected chi connectivity index (χ2v) is 5.10. The predicted octanol–water partition coefficient (Wildman–Crippen LogP) is 4.92. The number of halogens is 2. The average Bonchev–Trinajstić information content (AvgIpc) is 2.41. The summed E-state index contributed by atoms with van der Waals surface area (Å²) in [5.41, 5.74) is 3.17. The molecule has 0 aliphatic heterocycles. The number of nitrogens with one attached hydrogen (secondary N) is 1. The van der Waals surface area contributed by atoms with E-state index >= 15 is 0 Å². The van der Waals surface area contributed by atoms with Crippen LogP contribution in [0.5, 0.6) is 5.75 Å². The molecule has 0 heterocycles. The largest absolute Gasteiger partial charge is 0.495 e. The fourth-order valence-corrected chi connectivity index (χ4v) is 2.12. The number of benzene rings is 2. The van der Waals surface area contributed by atoms with Gasteiger partial charge in [0.25, 0.3) is 0 Å². The lowest BCUT2D eigenvalue weighted by Crippen LogP contribution is -2.00. The minimum absolute atomic E-state index is 0.603. The molecular weight excluding hydrogens is 281 g/mol. The van der Waals surface area contributed by atoms with Crippen LogP contribution < -0.4 is 10.1 Å². The molecule has 0 saturated heterocycles. The summed E-state index contributed by atoms with van der Waals surface area (Å²) in [6.45, 7) is 2.69. The van der Waals surface area contributed by atoms with Gasteiger partial charge in [0.15, 0.2) is 0 Å². The van der Waals surface area contributed by atoms with Crippen LogP contribution in [0.15, 0.2) is 36.4 Å². The van der Waals surface area contributed by atoms with Crippen LogP contribution in [0.3, 0.4) is 0 Å². The van der Waals surface area contributed by atoms with Gasteiger partial charge in [-0.15, -0.1) is 0 Å². The Labute approximate surface area is 123 Å². The smallest absolute Gasteiger partial charge is 0.139 e. The molecule has 4 heteroatoms. The molecule has 2 aromatic rings. The first kappa shape index (κ1) is 14.0. The Balaban J connectivity index is 2.07. The van der Waals surface area contributed by atoms with Gasteiger partial charge in [0, 0.05) is 23.3 Å².